The van der Waals surface area contributed by atoms with Gasteiger partial charge in [0, 0.05) is 17.0 Å². The van der Waals surface area contributed by atoms with Crippen LogP contribution in [-0.2, 0) is 6.42 Å². The van der Waals surface area contributed by atoms with E-state index in [4.69, 9.17) is 4.98 Å². The molecule has 0 bridgehead atoms. The van der Waals surface area contributed by atoms with Crippen molar-refractivity contribution in [1.82, 2.24) is 10.3 Å². The van der Waals surface area contributed by atoms with E-state index in [-0.39, 0.29) is 11.9 Å². The van der Waals surface area contributed by atoms with Gasteiger partial charge in [-0.2, -0.15) is 0 Å². The molecule has 1 aromatic heterocycles. The average molecular weight is 395 g/mol. The Morgan fingerprint density at radius 3 is 2.27 bits per heavy atom. The first-order chi connectivity index (χ1) is 14.6. The molecule has 3 nitrogen and oxygen atoms in total. The summed E-state index contributed by atoms with van der Waals surface area (Å²) in [5.41, 5.74) is 5.63. The first-order valence-corrected chi connectivity index (χ1v) is 10.4. The van der Waals surface area contributed by atoms with Crippen molar-refractivity contribution >= 4 is 16.8 Å². The second-order valence-electron chi connectivity index (χ2n) is 7.74. The topological polar surface area (TPSA) is 42.0 Å². The van der Waals surface area contributed by atoms with E-state index in [1.807, 2.05) is 67.6 Å². The van der Waals surface area contributed by atoms with Gasteiger partial charge in [-0.15, -0.1) is 0 Å². The highest BCUT2D eigenvalue weighted by Crippen LogP contribution is 2.29. The maximum absolute atomic E-state index is 13.3. The summed E-state index contributed by atoms with van der Waals surface area (Å²) in [5.74, 6) is -0.0381. The lowest BCUT2D eigenvalue weighted by atomic mass is 9.96. The second-order valence-corrected chi connectivity index (χ2v) is 7.74. The number of nitrogens with one attached hydrogen (secondary N) is 1. The van der Waals surface area contributed by atoms with Crippen LogP contribution >= 0.6 is 0 Å². The van der Waals surface area contributed by atoms with Crippen molar-refractivity contribution in [1.29, 1.82) is 0 Å². The molecule has 4 aromatic rings. The van der Waals surface area contributed by atoms with Gasteiger partial charge in [-0.05, 0) is 43.9 Å². The summed E-state index contributed by atoms with van der Waals surface area (Å²) in [7, 11) is 0. The zero-order valence-corrected chi connectivity index (χ0v) is 17.4. The van der Waals surface area contributed by atoms with Gasteiger partial charge in [-0.3, -0.25) is 4.79 Å². The van der Waals surface area contributed by atoms with Crippen LogP contribution in [0.4, 0.5) is 0 Å². The molecule has 0 saturated heterocycles. The molecule has 3 heteroatoms. The van der Waals surface area contributed by atoms with E-state index in [0.29, 0.717) is 5.56 Å². The van der Waals surface area contributed by atoms with Crippen LogP contribution in [0, 0.1) is 6.92 Å². The molecule has 1 heterocycles. The second kappa shape index (κ2) is 8.91. The molecule has 0 fully saturated rings. The zero-order chi connectivity index (χ0) is 20.9. The number of fused-ring (bicyclic) bond motifs is 1. The Labute approximate surface area is 177 Å². The maximum Gasteiger partial charge on any atom is 0.252 e. The summed E-state index contributed by atoms with van der Waals surface area (Å²) in [6.45, 7) is 4.06. The van der Waals surface area contributed by atoms with Crippen molar-refractivity contribution in [2.24, 2.45) is 0 Å². The van der Waals surface area contributed by atoms with Crippen LogP contribution in [0.15, 0.2) is 84.9 Å². The molecule has 1 amide bonds. The molecular weight excluding hydrogens is 368 g/mol. The van der Waals surface area contributed by atoms with Crippen LogP contribution in [-0.4, -0.2) is 16.9 Å². The fraction of sp³-hybridized carbons (Fsp3) is 0.185. The number of hydrogen-bond donors (Lipinski definition) is 1. The summed E-state index contributed by atoms with van der Waals surface area (Å²) >= 11 is 0. The number of amides is 1. The molecule has 0 aliphatic heterocycles. The van der Waals surface area contributed by atoms with Crippen molar-refractivity contribution in [3.8, 4) is 11.3 Å². The van der Waals surface area contributed by atoms with Gasteiger partial charge in [-0.25, -0.2) is 4.98 Å². The third-order valence-electron chi connectivity index (χ3n) is 5.50. The van der Waals surface area contributed by atoms with E-state index in [1.54, 1.807) is 0 Å². The summed E-state index contributed by atoms with van der Waals surface area (Å²) in [4.78, 5) is 18.2. The minimum absolute atomic E-state index is 0.0381. The molecule has 0 saturated carbocycles. The van der Waals surface area contributed by atoms with Crippen molar-refractivity contribution in [2.75, 3.05) is 0 Å². The van der Waals surface area contributed by atoms with E-state index in [9.17, 15) is 4.79 Å². The number of carbonyl (C=O) groups is 1. The van der Waals surface area contributed by atoms with Crippen LogP contribution in [0.25, 0.3) is 22.2 Å². The van der Waals surface area contributed by atoms with Gasteiger partial charge in [0.2, 0.25) is 0 Å². The van der Waals surface area contributed by atoms with E-state index in [0.717, 1.165) is 40.6 Å². The van der Waals surface area contributed by atoms with Gasteiger partial charge in [0.15, 0.2) is 0 Å². The van der Waals surface area contributed by atoms with Crippen molar-refractivity contribution < 1.29 is 4.79 Å². The quantitative estimate of drug-likeness (QED) is 0.438. The molecule has 0 aliphatic rings. The van der Waals surface area contributed by atoms with Crippen molar-refractivity contribution in [2.45, 2.75) is 32.7 Å². The predicted molar refractivity (Wildman–Crippen MR) is 124 cm³/mol. The summed E-state index contributed by atoms with van der Waals surface area (Å²) < 4.78 is 0. The van der Waals surface area contributed by atoms with Crippen molar-refractivity contribution in [3.05, 3.63) is 102 Å². The van der Waals surface area contributed by atoms with Crippen LogP contribution in [0.1, 0.15) is 34.8 Å². The van der Waals surface area contributed by atoms with Gasteiger partial charge >= 0.3 is 0 Å². The average Bonchev–Trinajstić information content (AvgIpc) is 2.78. The SMILES string of the molecule is Cc1c(-c2ccccc2)nc2ccccc2c1C(=O)N[C@H](C)CCc1ccccc1. The summed E-state index contributed by atoms with van der Waals surface area (Å²) in [6, 6.07) is 28.4. The van der Waals surface area contributed by atoms with Crippen LogP contribution in [0.5, 0.6) is 0 Å². The number of aromatic nitrogens is 1. The Bertz CT molecular complexity index is 1150. The van der Waals surface area contributed by atoms with E-state index in [2.05, 4.69) is 36.5 Å². The highest BCUT2D eigenvalue weighted by molar-refractivity contribution is 6.09. The Morgan fingerprint density at radius 2 is 1.53 bits per heavy atom. The first kappa shape index (κ1) is 19.8. The summed E-state index contributed by atoms with van der Waals surface area (Å²) in [5, 5.41) is 4.10. The number of para-hydroxylation sites is 1. The van der Waals surface area contributed by atoms with Crippen LogP contribution in [0.3, 0.4) is 0 Å². The molecular formula is C27H26N2O. The molecule has 30 heavy (non-hydrogen) atoms. The Morgan fingerprint density at radius 1 is 0.900 bits per heavy atom. The molecule has 3 aromatic carbocycles. The summed E-state index contributed by atoms with van der Waals surface area (Å²) in [6.07, 6.45) is 1.83. The highest BCUT2D eigenvalue weighted by atomic mass is 16.1. The number of carbonyl (C=O) groups excluding carboxylic acids is 1. The molecule has 1 atom stereocenters. The fourth-order valence-corrected chi connectivity index (χ4v) is 3.87. The molecule has 0 radical (unpaired) electrons. The third kappa shape index (κ3) is 4.25. The lowest BCUT2D eigenvalue weighted by molar-refractivity contribution is 0.0939. The Kier molecular flexibility index (Phi) is 5.89. The smallest absolute Gasteiger partial charge is 0.252 e. The van der Waals surface area contributed by atoms with Crippen LogP contribution < -0.4 is 5.32 Å². The van der Waals surface area contributed by atoms with Gasteiger partial charge < -0.3 is 5.32 Å². The van der Waals surface area contributed by atoms with Gasteiger partial charge in [-0.1, -0.05) is 78.9 Å². The number of hydrogen-bond acceptors (Lipinski definition) is 2. The normalized spacial score (nSPS) is 11.9. The number of benzene rings is 3. The van der Waals surface area contributed by atoms with Crippen LogP contribution in [0.2, 0.25) is 0 Å². The lowest BCUT2D eigenvalue weighted by Gasteiger charge is -2.18. The monoisotopic (exact) mass is 394 g/mol. The minimum atomic E-state index is -0.0381. The zero-order valence-electron chi connectivity index (χ0n) is 17.4. The van der Waals surface area contributed by atoms with Gasteiger partial charge in [0.1, 0.15) is 0 Å². The van der Waals surface area contributed by atoms with Crippen molar-refractivity contribution in [3.63, 3.8) is 0 Å². The number of nitrogens with zero attached hydrogens (tertiary/aromatic N) is 1. The Hall–Kier alpha value is -3.46. The largest absolute Gasteiger partial charge is 0.350 e. The Balaban J connectivity index is 1.63. The van der Waals surface area contributed by atoms with Gasteiger partial charge in [0.25, 0.3) is 5.91 Å². The highest BCUT2D eigenvalue weighted by Gasteiger charge is 2.20. The predicted octanol–water partition coefficient (Wildman–Crippen LogP) is 5.96. The molecule has 150 valence electrons. The molecule has 0 spiro atoms. The van der Waals surface area contributed by atoms with E-state index >= 15 is 0 Å². The third-order valence-corrected chi connectivity index (χ3v) is 5.50. The standard InChI is InChI=1S/C27H26N2O/c1-19(17-18-21-11-5-3-6-12-21)28-27(30)25-20(2)26(22-13-7-4-8-14-22)29-24-16-10-9-15-23(24)25/h3-16,19H,17-18H2,1-2H3,(H,28,30)/t19-/m1/s1. The fourth-order valence-electron chi connectivity index (χ4n) is 3.87. The number of aryl methyl sites for hydroxylation is 1. The molecule has 0 aliphatic carbocycles. The first-order valence-electron chi connectivity index (χ1n) is 10.4. The number of rotatable bonds is 6. The van der Waals surface area contributed by atoms with E-state index < -0.39 is 0 Å². The molecule has 0 unspecified atom stereocenters. The van der Waals surface area contributed by atoms with E-state index in [1.165, 1.54) is 5.56 Å². The minimum Gasteiger partial charge on any atom is -0.350 e. The maximum atomic E-state index is 13.3. The molecule has 4 rings (SSSR count). The lowest BCUT2D eigenvalue weighted by Crippen LogP contribution is -2.33. The molecule has 1 N–H and O–H groups in total. The van der Waals surface area contributed by atoms with Gasteiger partial charge in [0.05, 0.1) is 16.8 Å². The number of pyridine rings is 1.